The van der Waals surface area contributed by atoms with E-state index in [9.17, 15) is 4.79 Å². The lowest BCUT2D eigenvalue weighted by atomic mass is 10.1. The van der Waals surface area contributed by atoms with Crippen molar-refractivity contribution in [2.45, 2.75) is 13.0 Å². The number of amides is 1. The van der Waals surface area contributed by atoms with E-state index in [1.807, 2.05) is 29.6 Å². The van der Waals surface area contributed by atoms with Gasteiger partial charge in [0.25, 0.3) is 0 Å². The third-order valence-corrected chi connectivity index (χ3v) is 4.43. The second-order valence-corrected chi connectivity index (χ2v) is 5.69. The molecule has 1 unspecified atom stereocenters. The first-order valence-electron chi connectivity index (χ1n) is 7.42. The highest BCUT2D eigenvalue weighted by Crippen LogP contribution is 2.15. The molecule has 1 atom stereocenters. The van der Waals surface area contributed by atoms with Crippen molar-refractivity contribution in [3.05, 3.63) is 23.5 Å². The molecule has 2 aliphatic rings. The van der Waals surface area contributed by atoms with Crippen molar-refractivity contribution in [1.82, 2.24) is 19.6 Å². The van der Waals surface area contributed by atoms with Crippen molar-refractivity contribution in [3.63, 3.8) is 0 Å². The number of fused-ring (bicyclic) bond motifs is 1. The fourth-order valence-electron chi connectivity index (χ4n) is 2.89. The van der Waals surface area contributed by atoms with Gasteiger partial charge >= 0.3 is 0 Å². The van der Waals surface area contributed by atoms with Crippen LogP contribution in [0.2, 0.25) is 0 Å². The van der Waals surface area contributed by atoms with Crippen LogP contribution in [0.1, 0.15) is 11.3 Å². The van der Waals surface area contributed by atoms with Crippen molar-refractivity contribution in [2.24, 2.45) is 7.05 Å². The van der Waals surface area contributed by atoms with Gasteiger partial charge in [-0.2, -0.15) is 5.10 Å². The Morgan fingerprint density at radius 2 is 2.29 bits per heavy atom. The summed E-state index contributed by atoms with van der Waals surface area (Å²) in [5, 5.41) is 4.18. The van der Waals surface area contributed by atoms with Gasteiger partial charge in [-0.25, -0.2) is 0 Å². The largest absolute Gasteiger partial charge is 0.378 e. The molecule has 1 amide bonds. The smallest absolute Gasteiger partial charge is 0.246 e. The number of nitrogens with zero attached hydrogens (tertiary/aromatic N) is 4. The van der Waals surface area contributed by atoms with Crippen molar-refractivity contribution in [2.75, 3.05) is 39.4 Å². The number of hydrogen-bond acceptors (Lipinski definition) is 4. The summed E-state index contributed by atoms with van der Waals surface area (Å²) in [4.78, 5) is 16.7. The number of rotatable bonds is 2. The monoisotopic (exact) mass is 290 g/mol. The van der Waals surface area contributed by atoms with Crippen LogP contribution in [0.3, 0.4) is 0 Å². The van der Waals surface area contributed by atoms with Gasteiger partial charge in [0.15, 0.2) is 0 Å². The zero-order valence-electron chi connectivity index (χ0n) is 12.7. The van der Waals surface area contributed by atoms with Gasteiger partial charge in [-0.3, -0.25) is 14.4 Å². The molecule has 2 aliphatic heterocycles. The molecule has 2 saturated heterocycles. The van der Waals surface area contributed by atoms with Gasteiger partial charge in [0.1, 0.15) is 0 Å². The molecule has 0 saturated carbocycles. The average Bonchev–Trinajstić information content (AvgIpc) is 2.84. The van der Waals surface area contributed by atoms with Crippen LogP contribution in [-0.2, 0) is 16.6 Å². The Bertz CT molecular complexity index is 552. The fraction of sp³-hybridized carbons (Fsp3) is 0.600. The number of aryl methyl sites for hydroxylation is 1. The van der Waals surface area contributed by atoms with Crippen LogP contribution in [0.25, 0.3) is 6.08 Å². The SMILES string of the molecule is Cc1c(/C=C/C(=O)N2CCN3CCOCC3C2)cnn1C. The molecule has 0 bridgehead atoms. The Kier molecular flexibility index (Phi) is 4.07. The molecule has 0 aliphatic carbocycles. The minimum atomic E-state index is 0.0727. The Morgan fingerprint density at radius 3 is 3.05 bits per heavy atom. The van der Waals surface area contributed by atoms with E-state index >= 15 is 0 Å². The second kappa shape index (κ2) is 5.99. The number of ether oxygens (including phenoxy) is 1. The lowest BCUT2D eigenvalue weighted by Crippen LogP contribution is -2.58. The maximum absolute atomic E-state index is 12.3. The van der Waals surface area contributed by atoms with Crippen molar-refractivity contribution < 1.29 is 9.53 Å². The van der Waals surface area contributed by atoms with Crippen LogP contribution < -0.4 is 0 Å². The zero-order chi connectivity index (χ0) is 14.8. The minimum Gasteiger partial charge on any atom is -0.378 e. The molecule has 3 rings (SSSR count). The van der Waals surface area contributed by atoms with Crippen molar-refractivity contribution in [3.8, 4) is 0 Å². The number of piperazine rings is 1. The molecule has 21 heavy (non-hydrogen) atoms. The predicted octanol–water partition coefficient (Wildman–Crippen LogP) is 0.285. The van der Waals surface area contributed by atoms with E-state index < -0.39 is 0 Å². The third kappa shape index (κ3) is 3.01. The maximum atomic E-state index is 12.3. The molecule has 0 N–H and O–H groups in total. The van der Waals surface area contributed by atoms with Crippen LogP contribution >= 0.6 is 0 Å². The number of morpholine rings is 1. The molecule has 0 aromatic carbocycles. The van der Waals surface area contributed by atoms with E-state index in [0.29, 0.717) is 6.04 Å². The highest BCUT2D eigenvalue weighted by Gasteiger charge is 2.30. The lowest BCUT2D eigenvalue weighted by Gasteiger charge is -2.43. The molecular weight excluding hydrogens is 268 g/mol. The normalized spacial score (nSPS) is 23.5. The summed E-state index contributed by atoms with van der Waals surface area (Å²) in [6.45, 7) is 7.02. The quantitative estimate of drug-likeness (QED) is 0.734. The van der Waals surface area contributed by atoms with E-state index in [1.165, 1.54) is 0 Å². The van der Waals surface area contributed by atoms with Gasteiger partial charge in [-0.05, 0) is 13.0 Å². The van der Waals surface area contributed by atoms with Crippen molar-refractivity contribution >= 4 is 12.0 Å². The molecule has 1 aromatic rings. The maximum Gasteiger partial charge on any atom is 0.246 e. The molecule has 2 fully saturated rings. The van der Waals surface area contributed by atoms with Crippen LogP contribution in [0.5, 0.6) is 0 Å². The van der Waals surface area contributed by atoms with Gasteiger partial charge in [-0.1, -0.05) is 0 Å². The predicted molar refractivity (Wildman–Crippen MR) is 79.7 cm³/mol. The van der Waals surface area contributed by atoms with E-state index in [2.05, 4.69) is 10.00 Å². The molecule has 6 nitrogen and oxygen atoms in total. The van der Waals surface area contributed by atoms with E-state index in [4.69, 9.17) is 4.74 Å². The Morgan fingerprint density at radius 1 is 1.43 bits per heavy atom. The molecule has 114 valence electrons. The molecule has 3 heterocycles. The van der Waals surface area contributed by atoms with Gasteiger partial charge in [-0.15, -0.1) is 0 Å². The molecule has 1 aromatic heterocycles. The topological polar surface area (TPSA) is 50.6 Å². The highest BCUT2D eigenvalue weighted by atomic mass is 16.5. The first kappa shape index (κ1) is 14.3. The number of hydrogen-bond donors (Lipinski definition) is 0. The summed E-state index contributed by atoms with van der Waals surface area (Å²) in [7, 11) is 1.90. The standard InChI is InChI=1S/C15H22N4O2/c1-12-13(9-16-17(12)2)3-4-15(20)19-6-5-18-7-8-21-11-14(18)10-19/h3-4,9,14H,5-8,10-11H2,1-2H3/b4-3+. The summed E-state index contributed by atoms with van der Waals surface area (Å²) in [6.07, 6.45) is 5.30. The van der Waals surface area contributed by atoms with E-state index in [-0.39, 0.29) is 5.91 Å². The zero-order valence-corrected chi connectivity index (χ0v) is 12.7. The fourth-order valence-corrected chi connectivity index (χ4v) is 2.89. The Hall–Kier alpha value is -1.66. The average molecular weight is 290 g/mol. The Balaban J connectivity index is 1.62. The number of carbonyl (C=O) groups is 1. The molecule has 0 spiro atoms. The van der Waals surface area contributed by atoms with Gasteiger partial charge < -0.3 is 9.64 Å². The highest BCUT2D eigenvalue weighted by molar-refractivity contribution is 5.92. The second-order valence-electron chi connectivity index (χ2n) is 5.69. The summed E-state index contributed by atoms with van der Waals surface area (Å²) < 4.78 is 7.31. The number of aromatic nitrogens is 2. The van der Waals surface area contributed by atoms with E-state index in [0.717, 1.165) is 50.7 Å². The van der Waals surface area contributed by atoms with Gasteiger partial charge in [0, 0.05) is 50.6 Å². The van der Waals surface area contributed by atoms with Gasteiger partial charge in [0.05, 0.1) is 25.5 Å². The third-order valence-electron chi connectivity index (χ3n) is 4.43. The molecule has 0 radical (unpaired) electrons. The summed E-state index contributed by atoms with van der Waals surface area (Å²) in [5.41, 5.74) is 2.05. The Labute approximate surface area is 125 Å². The van der Waals surface area contributed by atoms with Gasteiger partial charge in [0.2, 0.25) is 5.91 Å². The first-order chi connectivity index (χ1) is 10.1. The van der Waals surface area contributed by atoms with Crippen LogP contribution in [-0.4, -0.2) is 70.9 Å². The van der Waals surface area contributed by atoms with Crippen LogP contribution in [0, 0.1) is 6.92 Å². The molecule has 6 heteroatoms. The summed E-state index contributed by atoms with van der Waals surface area (Å²) >= 11 is 0. The first-order valence-corrected chi connectivity index (χ1v) is 7.42. The van der Waals surface area contributed by atoms with E-state index in [1.54, 1.807) is 12.3 Å². The van der Waals surface area contributed by atoms with Crippen molar-refractivity contribution in [1.29, 1.82) is 0 Å². The number of carbonyl (C=O) groups excluding carboxylic acids is 1. The summed E-state index contributed by atoms with van der Waals surface area (Å²) in [6, 6.07) is 0.352. The summed E-state index contributed by atoms with van der Waals surface area (Å²) in [5.74, 6) is 0.0727. The van der Waals surface area contributed by atoms with Crippen LogP contribution in [0.15, 0.2) is 12.3 Å². The van der Waals surface area contributed by atoms with Crippen LogP contribution in [0.4, 0.5) is 0 Å². The minimum absolute atomic E-state index is 0.0727. The lowest BCUT2D eigenvalue weighted by molar-refractivity contribution is -0.131. The molecular formula is C15H22N4O2.